The van der Waals surface area contributed by atoms with Crippen molar-refractivity contribution in [3.63, 3.8) is 0 Å². The number of hydrogen-bond donors (Lipinski definition) is 1. The fourth-order valence-corrected chi connectivity index (χ4v) is 5.64. The molecule has 1 aromatic heterocycles. The van der Waals surface area contributed by atoms with Crippen LogP contribution in [0.4, 0.5) is 5.13 Å². The minimum Gasteiger partial charge on any atom is -0.330 e. The van der Waals surface area contributed by atoms with Gasteiger partial charge >= 0.3 is 0 Å². The van der Waals surface area contributed by atoms with Crippen LogP contribution in [0, 0.1) is 0 Å². The largest absolute Gasteiger partial charge is 0.330 e. The van der Waals surface area contributed by atoms with Crippen molar-refractivity contribution in [3.8, 4) is 0 Å². The Kier molecular flexibility index (Phi) is 5.58. The molecule has 0 saturated carbocycles. The van der Waals surface area contributed by atoms with E-state index in [0.29, 0.717) is 11.6 Å². The van der Waals surface area contributed by atoms with Gasteiger partial charge in [-0.25, -0.2) is 13.4 Å². The molecule has 0 bridgehead atoms. The van der Waals surface area contributed by atoms with Gasteiger partial charge in [0.15, 0.2) is 5.13 Å². The van der Waals surface area contributed by atoms with E-state index >= 15 is 0 Å². The van der Waals surface area contributed by atoms with Crippen LogP contribution in [0.2, 0.25) is 5.02 Å². The number of nitrogens with zero attached hydrogens (tertiary/aromatic N) is 2. The highest BCUT2D eigenvalue weighted by Crippen LogP contribution is 2.36. The van der Waals surface area contributed by atoms with Crippen LogP contribution in [-0.2, 0) is 10.0 Å². The number of hydrogen-bond acceptors (Lipinski definition) is 5. The summed E-state index contributed by atoms with van der Waals surface area (Å²) in [5.74, 6) is -0.228. The van der Waals surface area contributed by atoms with Crippen LogP contribution in [0.3, 0.4) is 0 Å². The normalized spacial score (nSPS) is 16.7. The summed E-state index contributed by atoms with van der Waals surface area (Å²) in [7, 11) is -3.75. The third-order valence-corrected chi connectivity index (χ3v) is 7.36. The monoisotopic (exact) mass is 447 g/mol. The summed E-state index contributed by atoms with van der Waals surface area (Å²) in [5.41, 5.74) is 1.14. The van der Waals surface area contributed by atoms with Crippen molar-refractivity contribution in [2.45, 2.75) is 23.8 Å². The Labute approximate surface area is 178 Å². The third-order valence-electron chi connectivity index (χ3n) is 4.78. The van der Waals surface area contributed by atoms with Crippen molar-refractivity contribution in [2.24, 2.45) is 0 Å². The molecular formula is C20H18ClN3O3S2. The molecule has 2 aromatic carbocycles. The number of likely N-dealkylation sites (tertiary alicyclic amines) is 1. The van der Waals surface area contributed by atoms with Crippen molar-refractivity contribution >= 4 is 44.0 Å². The highest BCUT2D eigenvalue weighted by molar-refractivity contribution is 7.93. The van der Waals surface area contributed by atoms with E-state index in [0.717, 1.165) is 29.7 Å². The summed E-state index contributed by atoms with van der Waals surface area (Å²) in [5, 5.41) is 2.37. The van der Waals surface area contributed by atoms with Gasteiger partial charge in [-0.15, -0.1) is 11.3 Å². The van der Waals surface area contributed by atoms with Gasteiger partial charge in [0.05, 0.1) is 10.9 Å². The Balaban J connectivity index is 1.53. The second-order valence-electron chi connectivity index (χ2n) is 6.63. The van der Waals surface area contributed by atoms with Gasteiger partial charge < -0.3 is 4.90 Å². The first kappa shape index (κ1) is 19.9. The minimum absolute atomic E-state index is 0.109. The Bertz CT molecular complexity index is 1130. The molecule has 29 heavy (non-hydrogen) atoms. The number of carbonyl (C=O) groups excluding carboxylic acids is 1. The Morgan fingerprint density at radius 1 is 1.14 bits per heavy atom. The fraction of sp³-hybridized carbons (Fsp3) is 0.200. The molecule has 0 spiro atoms. The standard InChI is InChI=1S/C20H18ClN3O3S2/c21-16-10-5-4-9-15(16)18-11-6-12-24(18)19(25)17-13-28-20(22-17)23-29(26,27)14-7-2-1-3-8-14/h1-5,7-10,13,18H,6,11-12H2,(H,22,23). The van der Waals surface area contributed by atoms with E-state index in [-0.39, 0.29) is 27.7 Å². The number of amides is 1. The number of rotatable bonds is 5. The zero-order valence-electron chi connectivity index (χ0n) is 15.3. The molecule has 2 heterocycles. The van der Waals surface area contributed by atoms with Gasteiger partial charge in [0.25, 0.3) is 15.9 Å². The minimum atomic E-state index is -3.75. The third kappa shape index (κ3) is 4.14. The maximum Gasteiger partial charge on any atom is 0.273 e. The van der Waals surface area contributed by atoms with Gasteiger partial charge in [-0.05, 0) is 36.6 Å². The van der Waals surface area contributed by atoms with E-state index in [1.807, 2.05) is 24.3 Å². The summed E-state index contributed by atoms with van der Waals surface area (Å²) < 4.78 is 27.4. The first-order valence-corrected chi connectivity index (χ1v) is 11.8. The number of carbonyl (C=O) groups is 1. The maximum absolute atomic E-state index is 13.0. The Morgan fingerprint density at radius 2 is 1.86 bits per heavy atom. The van der Waals surface area contributed by atoms with Crippen LogP contribution in [0.1, 0.15) is 34.9 Å². The molecule has 9 heteroatoms. The molecular weight excluding hydrogens is 430 g/mol. The highest BCUT2D eigenvalue weighted by atomic mass is 35.5. The number of aromatic nitrogens is 1. The van der Waals surface area contributed by atoms with Crippen LogP contribution >= 0.6 is 22.9 Å². The lowest BCUT2D eigenvalue weighted by Gasteiger charge is -2.25. The van der Waals surface area contributed by atoms with Crippen LogP contribution in [0.15, 0.2) is 64.9 Å². The Hall–Kier alpha value is -2.42. The molecule has 150 valence electrons. The smallest absolute Gasteiger partial charge is 0.273 e. The molecule has 0 radical (unpaired) electrons. The SMILES string of the molecule is O=C(c1csc(NS(=O)(=O)c2ccccc2)n1)N1CCCC1c1ccccc1Cl. The molecule has 6 nitrogen and oxygen atoms in total. The van der Waals surface area contributed by atoms with Gasteiger partial charge in [0, 0.05) is 16.9 Å². The van der Waals surface area contributed by atoms with Crippen LogP contribution < -0.4 is 4.72 Å². The molecule has 1 fully saturated rings. The van der Waals surface area contributed by atoms with E-state index < -0.39 is 10.0 Å². The summed E-state index contributed by atoms with van der Waals surface area (Å²) in [6, 6.07) is 15.4. The quantitative estimate of drug-likeness (QED) is 0.621. The average molecular weight is 448 g/mol. The maximum atomic E-state index is 13.0. The zero-order valence-corrected chi connectivity index (χ0v) is 17.7. The molecule has 1 aliphatic heterocycles. The number of anilines is 1. The van der Waals surface area contributed by atoms with Crippen molar-refractivity contribution in [1.29, 1.82) is 0 Å². The predicted molar refractivity (Wildman–Crippen MR) is 114 cm³/mol. The molecule has 4 rings (SSSR count). The van der Waals surface area contributed by atoms with Crippen molar-refractivity contribution < 1.29 is 13.2 Å². The molecule has 1 atom stereocenters. The number of sulfonamides is 1. The second kappa shape index (κ2) is 8.14. The van der Waals surface area contributed by atoms with Gasteiger partial charge in [0.1, 0.15) is 5.69 Å². The van der Waals surface area contributed by atoms with Crippen LogP contribution in [0.25, 0.3) is 0 Å². The van der Waals surface area contributed by atoms with Crippen LogP contribution in [0.5, 0.6) is 0 Å². The fourth-order valence-electron chi connectivity index (χ4n) is 3.42. The lowest BCUT2D eigenvalue weighted by atomic mass is 10.0. The van der Waals surface area contributed by atoms with Gasteiger partial charge in [-0.3, -0.25) is 9.52 Å². The van der Waals surface area contributed by atoms with E-state index in [1.165, 1.54) is 12.1 Å². The number of halogens is 1. The predicted octanol–water partition coefficient (Wildman–Crippen LogP) is 4.57. The van der Waals surface area contributed by atoms with Gasteiger partial charge in [0.2, 0.25) is 0 Å². The summed E-state index contributed by atoms with van der Waals surface area (Å²) in [6.07, 6.45) is 1.70. The lowest BCUT2D eigenvalue weighted by Crippen LogP contribution is -2.31. The molecule has 3 aromatic rings. The van der Waals surface area contributed by atoms with E-state index in [4.69, 9.17) is 11.6 Å². The molecule has 1 aliphatic rings. The molecule has 0 aliphatic carbocycles. The van der Waals surface area contributed by atoms with Gasteiger partial charge in [-0.1, -0.05) is 48.0 Å². The summed E-state index contributed by atoms with van der Waals surface area (Å²) in [4.78, 5) is 19.2. The van der Waals surface area contributed by atoms with Crippen LogP contribution in [-0.4, -0.2) is 30.8 Å². The average Bonchev–Trinajstić information content (AvgIpc) is 3.38. The highest BCUT2D eigenvalue weighted by Gasteiger charge is 2.33. The summed E-state index contributed by atoms with van der Waals surface area (Å²) in [6.45, 7) is 0.608. The lowest BCUT2D eigenvalue weighted by molar-refractivity contribution is 0.0730. The summed E-state index contributed by atoms with van der Waals surface area (Å²) >= 11 is 7.41. The van der Waals surface area contributed by atoms with Gasteiger partial charge in [-0.2, -0.15) is 0 Å². The second-order valence-corrected chi connectivity index (χ2v) is 9.58. The molecule has 1 N–H and O–H groups in total. The number of benzene rings is 2. The van der Waals surface area contributed by atoms with Crippen molar-refractivity contribution in [3.05, 3.63) is 76.3 Å². The molecule has 1 amide bonds. The van der Waals surface area contributed by atoms with Crippen molar-refractivity contribution in [1.82, 2.24) is 9.88 Å². The molecule has 1 saturated heterocycles. The Morgan fingerprint density at radius 3 is 2.62 bits per heavy atom. The first-order chi connectivity index (χ1) is 14.0. The van der Waals surface area contributed by atoms with E-state index in [1.54, 1.807) is 28.5 Å². The van der Waals surface area contributed by atoms with E-state index in [2.05, 4.69) is 9.71 Å². The van der Waals surface area contributed by atoms with E-state index in [9.17, 15) is 13.2 Å². The number of nitrogens with one attached hydrogen (secondary N) is 1. The number of thiazole rings is 1. The van der Waals surface area contributed by atoms with Crippen molar-refractivity contribution in [2.75, 3.05) is 11.3 Å². The topological polar surface area (TPSA) is 79.4 Å². The molecule has 1 unspecified atom stereocenters. The zero-order chi connectivity index (χ0) is 20.4. The first-order valence-electron chi connectivity index (χ1n) is 9.04.